The first kappa shape index (κ1) is 22.3. The highest BCUT2D eigenvalue weighted by Gasteiger charge is 2.18. The Morgan fingerprint density at radius 2 is 1.76 bits per heavy atom. The number of ketones is 1. The van der Waals surface area contributed by atoms with Crippen molar-refractivity contribution in [3.8, 4) is 5.69 Å². The molecule has 0 fully saturated rings. The van der Waals surface area contributed by atoms with E-state index in [1.165, 1.54) is 6.92 Å². The largest absolute Gasteiger partial charge is 0.325 e. The van der Waals surface area contributed by atoms with Crippen molar-refractivity contribution in [2.75, 3.05) is 11.1 Å². The summed E-state index contributed by atoms with van der Waals surface area (Å²) in [6.45, 7) is 1.45. The van der Waals surface area contributed by atoms with Crippen molar-refractivity contribution in [1.29, 1.82) is 0 Å². The van der Waals surface area contributed by atoms with E-state index in [0.717, 1.165) is 28.5 Å². The van der Waals surface area contributed by atoms with Gasteiger partial charge < -0.3 is 5.32 Å². The number of para-hydroxylation sites is 1. The zero-order valence-electron chi connectivity index (χ0n) is 17.3. The van der Waals surface area contributed by atoms with Gasteiger partial charge in [0.1, 0.15) is 11.6 Å². The fourth-order valence-corrected chi connectivity index (χ4v) is 4.01. The molecule has 6 nitrogen and oxygen atoms in total. The van der Waals surface area contributed by atoms with Crippen LogP contribution in [0, 0.1) is 11.6 Å². The van der Waals surface area contributed by atoms with Gasteiger partial charge in [0.25, 0.3) is 5.56 Å². The van der Waals surface area contributed by atoms with Crippen molar-refractivity contribution >= 4 is 40.0 Å². The number of halogens is 2. The molecule has 0 unspecified atom stereocenters. The van der Waals surface area contributed by atoms with Crippen LogP contribution in [0.3, 0.4) is 0 Å². The lowest BCUT2D eigenvalue weighted by molar-refractivity contribution is -0.113. The molecule has 0 atom stereocenters. The van der Waals surface area contributed by atoms with Crippen LogP contribution in [0.15, 0.2) is 76.7 Å². The van der Waals surface area contributed by atoms with Crippen LogP contribution in [-0.4, -0.2) is 27.0 Å². The van der Waals surface area contributed by atoms with Crippen LogP contribution in [0.25, 0.3) is 16.6 Å². The van der Waals surface area contributed by atoms with Gasteiger partial charge in [-0.1, -0.05) is 23.9 Å². The molecule has 0 saturated heterocycles. The van der Waals surface area contributed by atoms with E-state index in [1.54, 1.807) is 48.5 Å². The average molecular weight is 465 g/mol. The maximum absolute atomic E-state index is 14.5. The van der Waals surface area contributed by atoms with Gasteiger partial charge in [-0.3, -0.25) is 19.0 Å². The third-order valence-corrected chi connectivity index (χ3v) is 5.74. The summed E-state index contributed by atoms with van der Waals surface area (Å²) in [5.41, 5.74) is 0.715. The van der Waals surface area contributed by atoms with Crippen molar-refractivity contribution < 1.29 is 18.4 Å². The maximum Gasteiger partial charge on any atom is 0.266 e. The third-order valence-electron chi connectivity index (χ3n) is 4.80. The average Bonchev–Trinajstić information content (AvgIpc) is 2.79. The molecule has 0 radical (unpaired) electrons. The van der Waals surface area contributed by atoms with Crippen LogP contribution in [0.2, 0.25) is 0 Å². The lowest BCUT2D eigenvalue weighted by Gasteiger charge is -2.14. The van der Waals surface area contributed by atoms with Crippen LogP contribution in [0.1, 0.15) is 17.3 Å². The van der Waals surface area contributed by atoms with Crippen molar-refractivity contribution in [2.45, 2.75) is 12.1 Å². The Kier molecular flexibility index (Phi) is 6.32. The second-order valence-electron chi connectivity index (χ2n) is 7.12. The standard InChI is InChI=1S/C24H17F2N3O3S/c1-14(30)15-6-9-17(10-7-15)27-22(31)13-33-24-28-20-5-3-2-4-18(20)23(32)29(24)21-11-8-16(25)12-19(21)26/h2-12H,13H2,1H3,(H,27,31). The number of benzene rings is 3. The minimum absolute atomic E-state index is 0.0863. The topological polar surface area (TPSA) is 81.1 Å². The summed E-state index contributed by atoms with van der Waals surface area (Å²) in [6.07, 6.45) is 0. The van der Waals surface area contributed by atoms with Crippen molar-refractivity contribution in [3.63, 3.8) is 0 Å². The Balaban J connectivity index is 1.64. The van der Waals surface area contributed by atoms with E-state index < -0.39 is 17.2 Å². The minimum atomic E-state index is -0.925. The summed E-state index contributed by atoms with van der Waals surface area (Å²) >= 11 is 0.944. The molecule has 1 N–H and O–H groups in total. The number of aromatic nitrogens is 2. The summed E-state index contributed by atoms with van der Waals surface area (Å²) in [5, 5.41) is 3.05. The number of hydrogen-bond acceptors (Lipinski definition) is 5. The first-order valence-electron chi connectivity index (χ1n) is 9.84. The number of carbonyl (C=O) groups is 2. The number of hydrogen-bond donors (Lipinski definition) is 1. The third kappa shape index (κ3) is 4.83. The first-order chi connectivity index (χ1) is 15.8. The Bertz CT molecular complexity index is 1440. The van der Waals surface area contributed by atoms with E-state index in [2.05, 4.69) is 10.3 Å². The molecule has 0 aliphatic heterocycles. The summed E-state index contributed by atoms with van der Waals surface area (Å²) < 4.78 is 29.0. The number of rotatable bonds is 6. The van der Waals surface area contributed by atoms with Gasteiger partial charge in [-0.2, -0.15) is 0 Å². The molecular weight excluding hydrogens is 448 g/mol. The van der Waals surface area contributed by atoms with Gasteiger partial charge in [-0.15, -0.1) is 0 Å². The van der Waals surface area contributed by atoms with Crippen LogP contribution < -0.4 is 10.9 Å². The maximum atomic E-state index is 14.5. The summed E-state index contributed by atoms with van der Waals surface area (Å²) in [4.78, 5) is 41.4. The molecule has 0 spiro atoms. The van der Waals surface area contributed by atoms with Gasteiger partial charge >= 0.3 is 0 Å². The molecule has 0 bridgehead atoms. The number of nitrogens with one attached hydrogen (secondary N) is 1. The van der Waals surface area contributed by atoms with E-state index in [-0.39, 0.29) is 33.7 Å². The summed E-state index contributed by atoms with van der Waals surface area (Å²) in [7, 11) is 0. The SMILES string of the molecule is CC(=O)c1ccc(NC(=O)CSc2nc3ccccc3c(=O)n2-c2ccc(F)cc2F)cc1. The fourth-order valence-electron chi connectivity index (χ4n) is 3.20. The smallest absolute Gasteiger partial charge is 0.266 e. The quantitative estimate of drug-likeness (QED) is 0.256. The number of fused-ring (bicyclic) bond motifs is 1. The number of carbonyl (C=O) groups excluding carboxylic acids is 2. The Morgan fingerprint density at radius 3 is 2.45 bits per heavy atom. The molecular formula is C24H17F2N3O3S. The molecule has 1 aromatic heterocycles. The molecule has 0 aliphatic carbocycles. The number of amides is 1. The molecule has 4 aromatic rings. The van der Waals surface area contributed by atoms with Crippen molar-refractivity contribution in [3.05, 3.63) is 94.3 Å². The van der Waals surface area contributed by atoms with Gasteiger partial charge in [0, 0.05) is 17.3 Å². The van der Waals surface area contributed by atoms with E-state index >= 15 is 0 Å². The Morgan fingerprint density at radius 1 is 1.03 bits per heavy atom. The number of Topliss-reactive ketones (excluding diaryl/α,β-unsaturated/α-hetero) is 1. The lowest BCUT2D eigenvalue weighted by atomic mass is 10.1. The van der Waals surface area contributed by atoms with Gasteiger partial charge in [-0.25, -0.2) is 13.8 Å². The normalized spacial score (nSPS) is 10.9. The zero-order valence-corrected chi connectivity index (χ0v) is 18.2. The monoisotopic (exact) mass is 465 g/mol. The first-order valence-corrected chi connectivity index (χ1v) is 10.8. The lowest BCUT2D eigenvalue weighted by Crippen LogP contribution is -2.23. The molecule has 0 aliphatic rings. The highest BCUT2D eigenvalue weighted by Crippen LogP contribution is 2.23. The van der Waals surface area contributed by atoms with Gasteiger partial charge in [0.05, 0.1) is 22.3 Å². The predicted octanol–water partition coefficient (Wildman–Crippen LogP) is 4.60. The number of thioether (sulfide) groups is 1. The highest BCUT2D eigenvalue weighted by atomic mass is 32.2. The number of anilines is 1. The molecule has 4 rings (SSSR count). The summed E-state index contributed by atoms with van der Waals surface area (Å²) in [6, 6.07) is 15.9. The molecule has 166 valence electrons. The molecule has 3 aromatic carbocycles. The Hall–Kier alpha value is -3.85. The van der Waals surface area contributed by atoms with Gasteiger partial charge in [-0.05, 0) is 55.5 Å². The van der Waals surface area contributed by atoms with E-state index in [9.17, 15) is 23.2 Å². The second-order valence-corrected chi connectivity index (χ2v) is 8.06. The molecule has 0 saturated carbocycles. The van der Waals surface area contributed by atoms with Gasteiger partial charge in [0.2, 0.25) is 5.91 Å². The zero-order chi connectivity index (χ0) is 23.5. The molecule has 9 heteroatoms. The second kappa shape index (κ2) is 9.33. The summed E-state index contributed by atoms with van der Waals surface area (Å²) in [5.74, 6) is -2.29. The molecule has 1 heterocycles. The van der Waals surface area contributed by atoms with Crippen LogP contribution >= 0.6 is 11.8 Å². The predicted molar refractivity (Wildman–Crippen MR) is 123 cm³/mol. The van der Waals surface area contributed by atoms with E-state index in [4.69, 9.17) is 0 Å². The fraction of sp³-hybridized carbons (Fsp3) is 0.0833. The molecule has 1 amide bonds. The van der Waals surface area contributed by atoms with Gasteiger partial charge in [0.15, 0.2) is 10.9 Å². The van der Waals surface area contributed by atoms with Crippen molar-refractivity contribution in [1.82, 2.24) is 9.55 Å². The van der Waals surface area contributed by atoms with Crippen molar-refractivity contribution in [2.24, 2.45) is 0 Å². The van der Waals surface area contributed by atoms with E-state index in [1.807, 2.05) is 0 Å². The van der Waals surface area contributed by atoms with Crippen LogP contribution in [0.4, 0.5) is 14.5 Å². The minimum Gasteiger partial charge on any atom is -0.325 e. The molecule has 33 heavy (non-hydrogen) atoms. The Labute approximate surface area is 191 Å². The number of nitrogens with zero attached hydrogens (tertiary/aromatic N) is 2. The van der Waals surface area contributed by atoms with E-state index in [0.29, 0.717) is 22.8 Å². The highest BCUT2D eigenvalue weighted by molar-refractivity contribution is 7.99. The van der Waals surface area contributed by atoms with Crippen LogP contribution in [0.5, 0.6) is 0 Å². The van der Waals surface area contributed by atoms with Crippen LogP contribution in [-0.2, 0) is 4.79 Å².